The van der Waals surface area contributed by atoms with Crippen molar-refractivity contribution in [3.8, 4) is 11.5 Å². The molecule has 0 aliphatic carbocycles. The normalized spacial score (nSPS) is 15.7. The number of ether oxygens (including phenoxy) is 2. The van der Waals surface area contributed by atoms with E-state index in [1.807, 2.05) is 18.2 Å². The Bertz CT molecular complexity index is 923. The number of methoxy groups -OCH3 is 2. The second-order valence-electron chi connectivity index (χ2n) is 7.63. The number of thioether (sulfide) groups is 1. The van der Waals surface area contributed by atoms with Gasteiger partial charge >= 0.3 is 0 Å². The predicted molar refractivity (Wildman–Crippen MR) is 123 cm³/mol. The first kappa shape index (κ1) is 23.9. The van der Waals surface area contributed by atoms with Crippen molar-refractivity contribution < 1.29 is 23.5 Å². The van der Waals surface area contributed by atoms with E-state index in [1.165, 1.54) is 12.1 Å². The van der Waals surface area contributed by atoms with Crippen LogP contribution in [0, 0.1) is 11.7 Å². The number of hydrogen-bond donors (Lipinski definition) is 1. The number of carbonyl (C=O) groups excluding carboxylic acids is 2. The van der Waals surface area contributed by atoms with Gasteiger partial charge in [0.05, 0.1) is 20.1 Å². The van der Waals surface area contributed by atoms with Crippen molar-refractivity contribution in [2.45, 2.75) is 24.2 Å². The van der Waals surface area contributed by atoms with E-state index in [0.29, 0.717) is 37.6 Å². The van der Waals surface area contributed by atoms with Crippen molar-refractivity contribution in [3.05, 3.63) is 53.8 Å². The summed E-state index contributed by atoms with van der Waals surface area (Å²) in [6, 6.07) is 12.1. The van der Waals surface area contributed by atoms with Crippen molar-refractivity contribution in [3.63, 3.8) is 0 Å². The van der Waals surface area contributed by atoms with Crippen molar-refractivity contribution in [1.82, 2.24) is 10.2 Å². The number of benzene rings is 2. The Hall–Kier alpha value is -2.74. The van der Waals surface area contributed by atoms with E-state index in [0.717, 1.165) is 22.6 Å². The van der Waals surface area contributed by atoms with E-state index >= 15 is 0 Å². The summed E-state index contributed by atoms with van der Waals surface area (Å²) >= 11 is 1.63. The molecule has 1 fully saturated rings. The summed E-state index contributed by atoms with van der Waals surface area (Å²) in [5, 5.41) is 2.94. The maximum absolute atomic E-state index is 12.9. The smallest absolute Gasteiger partial charge is 0.225 e. The van der Waals surface area contributed by atoms with Crippen LogP contribution in [0.4, 0.5) is 4.39 Å². The lowest BCUT2D eigenvalue weighted by atomic mass is 10.1. The summed E-state index contributed by atoms with van der Waals surface area (Å²) in [4.78, 5) is 27.6. The predicted octanol–water partition coefficient (Wildman–Crippen LogP) is 3.53. The molecule has 32 heavy (non-hydrogen) atoms. The van der Waals surface area contributed by atoms with Crippen LogP contribution in [0.15, 0.2) is 47.4 Å². The average molecular weight is 461 g/mol. The summed E-state index contributed by atoms with van der Waals surface area (Å²) < 4.78 is 23.5. The van der Waals surface area contributed by atoms with Gasteiger partial charge in [-0.1, -0.05) is 6.07 Å². The standard InChI is InChI=1S/C24H29FN2O4S/c1-30-21-9-4-17(14-22(21)31-2)10-12-27-16-18(15-23(27)28)24(29)26-11-3-13-32-20-7-5-19(25)6-8-20/h4-9,14,18H,3,10-13,15-16H2,1-2H3,(H,26,29). The summed E-state index contributed by atoms with van der Waals surface area (Å²) in [6.45, 7) is 1.57. The summed E-state index contributed by atoms with van der Waals surface area (Å²) in [7, 11) is 3.19. The molecule has 6 nitrogen and oxygen atoms in total. The third kappa shape index (κ3) is 6.63. The molecule has 1 atom stereocenters. The molecule has 2 amide bonds. The SMILES string of the molecule is COc1ccc(CCN2CC(C(=O)NCCCSc3ccc(F)cc3)CC2=O)cc1OC. The zero-order valence-electron chi connectivity index (χ0n) is 18.4. The van der Waals surface area contributed by atoms with E-state index < -0.39 is 0 Å². The molecule has 0 aromatic heterocycles. The number of amides is 2. The van der Waals surface area contributed by atoms with Gasteiger partial charge in [0, 0.05) is 31.0 Å². The van der Waals surface area contributed by atoms with Crippen LogP contribution in [0.5, 0.6) is 11.5 Å². The second-order valence-corrected chi connectivity index (χ2v) is 8.80. The fourth-order valence-corrected chi connectivity index (χ4v) is 4.47. The van der Waals surface area contributed by atoms with Crippen molar-refractivity contribution in [2.24, 2.45) is 5.92 Å². The summed E-state index contributed by atoms with van der Waals surface area (Å²) in [5.74, 6) is 1.54. The lowest BCUT2D eigenvalue weighted by Crippen LogP contribution is -2.34. The largest absolute Gasteiger partial charge is 0.493 e. The Balaban J connectivity index is 1.38. The van der Waals surface area contributed by atoms with E-state index in [-0.39, 0.29) is 30.0 Å². The number of halogens is 1. The number of carbonyl (C=O) groups is 2. The highest BCUT2D eigenvalue weighted by molar-refractivity contribution is 7.99. The van der Waals surface area contributed by atoms with Crippen LogP contribution in [0.25, 0.3) is 0 Å². The number of nitrogens with one attached hydrogen (secondary N) is 1. The molecular weight excluding hydrogens is 431 g/mol. The van der Waals surface area contributed by atoms with Gasteiger partial charge in [-0.3, -0.25) is 9.59 Å². The van der Waals surface area contributed by atoms with E-state index in [2.05, 4.69) is 5.32 Å². The van der Waals surface area contributed by atoms with Crippen LogP contribution in [0.1, 0.15) is 18.4 Å². The summed E-state index contributed by atoms with van der Waals surface area (Å²) in [5.41, 5.74) is 1.04. The Morgan fingerprint density at radius 1 is 1.16 bits per heavy atom. The highest BCUT2D eigenvalue weighted by atomic mass is 32.2. The first-order chi connectivity index (χ1) is 15.5. The summed E-state index contributed by atoms with van der Waals surface area (Å²) in [6.07, 6.45) is 1.74. The molecule has 0 spiro atoms. The van der Waals surface area contributed by atoms with Gasteiger partial charge in [-0.05, 0) is 60.6 Å². The fourth-order valence-electron chi connectivity index (χ4n) is 3.61. The molecule has 8 heteroatoms. The first-order valence-corrected chi connectivity index (χ1v) is 11.6. The van der Waals surface area contributed by atoms with E-state index in [4.69, 9.17) is 9.47 Å². The zero-order chi connectivity index (χ0) is 22.9. The van der Waals surface area contributed by atoms with Gasteiger partial charge in [0.1, 0.15) is 5.82 Å². The molecule has 172 valence electrons. The Kier molecular flexibility index (Phi) is 8.79. The minimum absolute atomic E-state index is 0.0116. The zero-order valence-corrected chi connectivity index (χ0v) is 19.3. The molecule has 0 saturated carbocycles. The topological polar surface area (TPSA) is 67.9 Å². The number of likely N-dealkylation sites (tertiary alicyclic amines) is 1. The van der Waals surface area contributed by atoms with Gasteiger partial charge in [-0.2, -0.15) is 0 Å². The molecule has 1 aliphatic rings. The van der Waals surface area contributed by atoms with Gasteiger partial charge < -0.3 is 19.7 Å². The molecule has 1 aliphatic heterocycles. The second kappa shape index (κ2) is 11.8. The number of nitrogens with zero attached hydrogens (tertiary/aromatic N) is 1. The van der Waals surface area contributed by atoms with Crippen LogP contribution in [-0.4, -0.2) is 56.3 Å². The Morgan fingerprint density at radius 2 is 1.91 bits per heavy atom. The van der Waals surface area contributed by atoms with E-state index in [9.17, 15) is 14.0 Å². The Morgan fingerprint density at radius 3 is 2.62 bits per heavy atom. The van der Waals surface area contributed by atoms with Crippen LogP contribution in [0.3, 0.4) is 0 Å². The molecule has 1 N–H and O–H groups in total. The quantitative estimate of drug-likeness (QED) is 0.410. The molecule has 0 bridgehead atoms. The molecular formula is C24H29FN2O4S. The number of hydrogen-bond acceptors (Lipinski definition) is 5. The van der Waals surface area contributed by atoms with Gasteiger partial charge in [0.25, 0.3) is 0 Å². The van der Waals surface area contributed by atoms with Crippen LogP contribution < -0.4 is 14.8 Å². The highest BCUT2D eigenvalue weighted by Gasteiger charge is 2.33. The molecule has 1 saturated heterocycles. The maximum Gasteiger partial charge on any atom is 0.225 e. The van der Waals surface area contributed by atoms with Gasteiger partial charge in [-0.25, -0.2) is 4.39 Å². The van der Waals surface area contributed by atoms with Crippen LogP contribution in [0.2, 0.25) is 0 Å². The third-order valence-electron chi connectivity index (χ3n) is 5.41. The van der Waals surface area contributed by atoms with Gasteiger partial charge in [0.2, 0.25) is 11.8 Å². The lowest BCUT2D eigenvalue weighted by molar-refractivity contribution is -0.129. The maximum atomic E-state index is 12.9. The molecule has 1 heterocycles. The highest BCUT2D eigenvalue weighted by Crippen LogP contribution is 2.28. The van der Waals surface area contributed by atoms with Crippen molar-refractivity contribution in [2.75, 3.05) is 39.6 Å². The average Bonchev–Trinajstić information content (AvgIpc) is 3.18. The minimum Gasteiger partial charge on any atom is -0.493 e. The molecule has 2 aromatic carbocycles. The molecule has 1 unspecified atom stereocenters. The van der Waals surface area contributed by atoms with Gasteiger partial charge in [0.15, 0.2) is 11.5 Å². The fraction of sp³-hybridized carbons (Fsp3) is 0.417. The molecule has 0 radical (unpaired) electrons. The third-order valence-corrected chi connectivity index (χ3v) is 6.50. The Labute approximate surface area is 192 Å². The monoisotopic (exact) mass is 460 g/mol. The van der Waals surface area contributed by atoms with Crippen molar-refractivity contribution >= 4 is 23.6 Å². The molecule has 3 rings (SSSR count). The molecule has 2 aromatic rings. The van der Waals surface area contributed by atoms with Crippen LogP contribution >= 0.6 is 11.8 Å². The van der Waals surface area contributed by atoms with Gasteiger partial charge in [-0.15, -0.1) is 11.8 Å². The lowest BCUT2D eigenvalue weighted by Gasteiger charge is -2.17. The van der Waals surface area contributed by atoms with Crippen LogP contribution in [-0.2, 0) is 16.0 Å². The van der Waals surface area contributed by atoms with E-state index in [1.54, 1.807) is 43.0 Å². The van der Waals surface area contributed by atoms with Crippen molar-refractivity contribution in [1.29, 1.82) is 0 Å². The number of rotatable bonds is 11. The minimum atomic E-state index is -0.308. The first-order valence-electron chi connectivity index (χ1n) is 10.6.